The lowest BCUT2D eigenvalue weighted by Crippen LogP contribution is -2.20. The highest BCUT2D eigenvalue weighted by Gasteiger charge is 2.29. The van der Waals surface area contributed by atoms with Gasteiger partial charge in [-0.25, -0.2) is 15.0 Å². The maximum absolute atomic E-state index is 13.1. The molecule has 0 unspecified atom stereocenters. The maximum Gasteiger partial charge on any atom is 0.422 e. The quantitative estimate of drug-likeness (QED) is 0.401. The van der Waals surface area contributed by atoms with Crippen molar-refractivity contribution in [2.75, 3.05) is 19.0 Å². The summed E-state index contributed by atoms with van der Waals surface area (Å²) in [6, 6.07) is 11.8. The first-order chi connectivity index (χ1) is 16.7. The molecule has 0 atom stereocenters. The average Bonchev–Trinajstić information content (AvgIpc) is 3.25. The van der Waals surface area contributed by atoms with Crippen LogP contribution < -0.4 is 14.8 Å². The molecular formula is C23H18F3N5O4. The number of hydrogen-bond acceptors (Lipinski definition) is 8. The van der Waals surface area contributed by atoms with Gasteiger partial charge in [0.1, 0.15) is 22.7 Å². The normalized spacial score (nSPS) is 11.2. The van der Waals surface area contributed by atoms with E-state index < -0.39 is 24.7 Å². The van der Waals surface area contributed by atoms with Gasteiger partial charge in [0.2, 0.25) is 5.88 Å². The van der Waals surface area contributed by atoms with Gasteiger partial charge in [-0.2, -0.15) is 13.2 Å². The van der Waals surface area contributed by atoms with Gasteiger partial charge in [0.05, 0.1) is 12.8 Å². The lowest BCUT2D eigenvalue weighted by atomic mass is 10.1. The first kappa shape index (κ1) is 23.7. The molecule has 4 aromatic rings. The van der Waals surface area contributed by atoms with Gasteiger partial charge in [-0.05, 0) is 19.1 Å². The Morgan fingerprint density at radius 3 is 2.43 bits per heavy atom. The van der Waals surface area contributed by atoms with E-state index in [-0.39, 0.29) is 17.1 Å². The van der Waals surface area contributed by atoms with Crippen LogP contribution in [0.15, 0.2) is 59.4 Å². The zero-order valence-electron chi connectivity index (χ0n) is 18.5. The molecule has 1 amide bonds. The molecule has 9 nitrogen and oxygen atoms in total. The summed E-state index contributed by atoms with van der Waals surface area (Å²) in [4.78, 5) is 24.9. The van der Waals surface area contributed by atoms with E-state index >= 15 is 0 Å². The highest BCUT2D eigenvalue weighted by atomic mass is 19.4. The summed E-state index contributed by atoms with van der Waals surface area (Å²) in [5, 5.41) is 6.76. The number of pyridine rings is 1. The zero-order chi connectivity index (χ0) is 25.0. The number of rotatable bonds is 7. The van der Waals surface area contributed by atoms with Gasteiger partial charge in [-0.15, -0.1) is 0 Å². The molecule has 0 aliphatic rings. The molecular weight excluding hydrogens is 467 g/mol. The van der Waals surface area contributed by atoms with Crippen molar-refractivity contribution in [3.63, 3.8) is 0 Å². The molecule has 0 radical (unpaired) electrons. The van der Waals surface area contributed by atoms with Gasteiger partial charge in [0, 0.05) is 23.5 Å². The third-order valence-corrected chi connectivity index (χ3v) is 4.73. The number of hydrogen-bond donors (Lipinski definition) is 1. The SMILES string of the molecule is COc1nc(-c2cnc(OCC(F)(F)F)nc2)ccc1NC(=O)c1c(-c2ccccc2)noc1C. The molecule has 0 saturated heterocycles. The van der Waals surface area contributed by atoms with Gasteiger partial charge in [0.25, 0.3) is 5.91 Å². The van der Waals surface area contributed by atoms with Crippen molar-refractivity contribution in [2.45, 2.75) is 13.1 Å². The van der Waals surface area contributed by atoms with Crippen LogP contribution in [-0.2, 0) is 0 Å². The van der Waals surface area contributed by atoms with E-state index in [0.29, 0.717) is 22.7 Å². The standard InChI is InChI=1S/C23H18F3N5O4/c1-13-18(19(31-35-13)14-6-4-3-5-7-14)20(32)29-17-9-8-16(30-21(17)33-2)15-10-27-22(28-11-15)34-12-23(24,25)26/h3-11H,12H2,1-2H3,(H,29,32). The van der Waals surface area contributed by atoms with E-state index in [1.165, 1.54) is 19.5 Å². The van der Waals surface area contributed by atoms with E-state index in [1.807, 2.05) is 30.3 Å². The lowest BCUT2D eigenvalue weighted by molar-refractivity contribution is -0.154. The fourth-order valence-corrected chi connectivity index (χ4v) is 3.14. The van der Waals surface area contributed by atoms with Gasteiger partial charge >= 0.3 is 12.2 Å². The number of ether oxygens (including phenoxy) is 2. The van der Waals surface area contributed by atoms with Crippen molar-refractivity contribution in [3.05, 3.63) is 66.2 Å². The third-order valence-electron chi connectivity index (χ3n) is 4.73. The number of carbonyl (C=O) groups excluding carboxylic acids is 1. The Morgan fingerprint density at radius 1 is 1.06 bits per heavy atom. The molecule has 180 valence electrons. The minimum atomic E-state index is -4.50. The molecule has 0 saturated carbocycles. The Bertz CT molecular complexity index is 1330. The smallest absolute Gasteiger partial charge is 0.422 e. The number of benzene rings is 1. The highest BCUT2D eigenvalue weighted by molar-refractivity contribution is 6.09. The van der Waals surface area contributed by atoms with Crippen molar-refractivity contribution in [2.24, 2.45) is 0 Å². The van der Waals surface area contributed by atoms with Crippen molar-refractivity contribution in [1.29, 1.82) is 0 Å². The predicted octanol–water partition coefficient (Wildman–Crippen LogP) is 4.70. The van der Waals surface area contributed by atoms with E-state index in [4.69, 9.17) is 9.26 Å². The first-order valence-corrected chi connectivity index (χ1v) is 10.1. The zero-order valence-corrected chi connectivity index (χ0v) is 18.5. The highest BCUT2D eigenvalue weighted by Crippen LogP contribution is 2.30. The lowest BCUT2D eigenvalue weighted by Gasteiger charge is -2.11. The van der Waals surface area contributed by atoms with Crippen LogP contribution in [0.5, 0.6) is 11.9 Å². The summed E-state index contributed by atoms with van der Waals surface area (Å²) in [6.07, 6.45) is -1.96. The van der Waals surface area contributed by atoms with Crippen LogP contribution in [0.4, 0.5) is 18.9 Å². The number of nitrogens with zero attached hydrogens (tertiary/aromatic N) is 4. The largest absolute Gasteiger partial charge is 0.479 e. The summed E-state index contributed by atoms with van der Waals surface area (Å²) in [7, 11) is 1.38. The summed E-state index contributed by atoms with van der Waals surface area (Å²) < 4.78 is 51.9. The van der Waals surface area contributed by atoms with Crippen LogP contribution in [0, 0.1) is 6.92 Å². The summed E-state index contributed by atoms with van der Waals surface area (Å²) in [6.45, 7) is 0.138. The van der Waals surface area contributed by atoms with Crippen molar-refractivity contribution >= 4 is 11.6 Å². The minimum Gasteiger partial charge on any atom is -0.479 e. The second kappa shape index (κ2) is 9.79. The average molecular weight is 485 g/mol. The van der Waals surface area contributed by atoms with Crippen molar-refractivity contribution < 1.29 is 32.0 Å². The number of halogens is 3. The molecule has 0 aliphatic heterocycles. The number of methoxy groups -OCH3 is 1. The Morgan fingerprint density at radius 2 is 1.77 bits per heavy atom. The van der Waals surface area contributed by atoms with Crippen LogP contribution >= 0.6 is 0 Å². The summed E-state index contributed by atoms with van der Waals surface area (Å²) >= 11 is 0. The molecule has 1 N–H and O–H groups in total. The first-order valence-electron chi connectivity index (χ1n) is 10.1. The molecule has 3 heterocycles. The number of nitrogens with one attached hydrogen (secondary N) is 1. The van der Waals surface area contributed by atoms with E-state index in [1.54, 1.807) is 19.1 Å². The molecule has 3 aromatic heterocycles. The number of anilines is 1. The van der Waals surface area contributed by atoms with E-state index in [9.17, 15) is 18.0 Å². The molecule has 0 bridgehead atoms. The van der Waals surface area contributed by atoms with Crippen molar-refractivity contribution in [3.8, 4) is 34.4 Å². The summed E-state index contributed by atoms with van der Waals surface area (Å²) in [5.41, 5.74) is 2.44. The van der Waals surface area contributed by atoms with Gasteiger partial charge in [-0.3, -0.25) is 4.79 Å². The van der Waals surface area contributed by atoms with Crippen LogP contribution in [0.3, 0.4) is 0 Å². The van der Waals surface area contributed by atoms with Crippen LogP contribution in [0.2, 0.25) is 0 Å². The van der Waals surface area contributed by atoms with Crippen LogP contribution in [0.1, 0.15) is 16.1 Å². The number of alkyl halides is 3. The number of amides is 1. The van der Waals surface area contributed by atoms with Crippen molar-refractivity contribution in [1.82, 2.24) is 20.1 Å². The number of aryl methyl sites for hydroxylation is 1. The third kappa shape index (κ3) is 5.54. The minimum absolute atomic E-state index is 0.101. The Kier molecular flexibility index (Phi) is 6.62. The van der Waals surface area contributed by atoms with E-state index in [0.717, 1.165) is 5.56 Å². The van der Waals surface area contributed by atoms with Gasteiger partial charge in [-0.1, -0.05) is 35.5 Å². The Hall–Kier alpha value is -4.48. The van der Waals surface area contributed by atoms with E-state index in [2.05, 4.69) is 30.2 Å². The Labute approximate surface area is 196 Å². The second-order valence-electron chi connectivity index (χ2n) is 7.19. The maximum atomic E-state index is 13.1. The molecule has 12 heteroatoms. The van der Waals surface area contributed by atoms with Gasteiger partial charge in [0.15, 0.2) is 6.61 Å². The van der Waals surface area contributed by atoms with Crippen LogP contribution in [-0.4, -0.2) is 45.9 Å². The number of carbonyl (C=O) groups is 1. The molecule has 0 fully saturated rings. The molecule has 35 heavy (non-hydrogen) atoms. The van der Waals surface area contributed by atoms with Crippen LogP contribution in [0.25, 0.3) is 22.5 Å². The number of aromatic nitrogens is 4. The Balaban J connectivity index is 1.54. The fourth-order valence-electron chi connectivity index (χ4n) is 3.14. The molecule has 0 aliphatic carbocycles. The summed E-state index contributed by atoms with van der Waals surface area (Å²) in [5.74, 6) is -0.0246. The fraction of sp³-hybridized carbons (Fsp3) is 0.174. The topological polar surface area (TPSA) is 112 Å². The monoisotopic (exact) mass is 485 g/mol. The molecule has 0 spiro atoms. The second-order valence-corrected chi connectivity index (χ2v) is 7.19. The van der Waals surface area contributed by atoms with Gasteiger partial charge < -0.3 is 19.3 Å². The molecule has 1 aromatic carbocycles. The molecule has 4 rings (SSSR count). The predicted molar refractivity (Wildman–Crippen MR) is 118 cm³/mol.